The number of rotatable bonds is 3. The molecule has 1 heterocycles. The van der Waals surface area contributed by atoms with Crippen LogP contribution < -0.4 is 0 Å². The summed E-state index contributed by atoms with van der Waals surface area (Å²) in [5.74, 6) is -1.65. The Hall–Kier alpha value is -1.88. The van der Waals surface area contributed by atoms with Gasteiger partial charge in [0.25, 0.3) is 0 Å². The van der Waals surface area contributed by atoms with Crippen molar-refractivity contribution in [2.24, 2.45) is 46.8 Å². The zero-order chi connectivity index (χ0) is 24.5. The van der Waals surface area contributed by atoms with Crippen LogP contribution in [0.5, 0.6) is 0 Å². The van der Waals surface area contributed by atoms with Gasteiger partial charge in [0.2, 0.25) is 0 Å². The van der Waals surface area contributed by atoms with Gasteiger partial charge in [-0.15, -0.1) is 0 Å². The molecule has 1 aromatic heterocycles. The number of hydrogen-bond acceptors (Lipinski definition) is 4. The van der Waals surface area contributed by atoms with E-state index in [0.717, 1.165) is 38.5 Å². The van der Waals surface area contributed by atoms with Crippen LogP contribution in [0, 0.1) is 58.2 Å². The molecule has 0 amide bonds. The smallest absolute Gasteiger partial charge is 0.390 e. The van der Waals surface area contributed by atoms with Gasteiger partial charge in [0, 0.05) is 12.1 Å². The highest BCUT2D eigenvalue weighted by Crippen LogP contribution is 2.67. The van der Waals surface area contributed by atoms with E-state index in [1.807, 2.05) is 19.9 Å². The van der Waals surface area contributed by atoms with Crippen molar-refractivity contribution in [1.82, 2.24) is 9.78 Å². The molecule has 5 rings (SSSR count). The molecule has 4 saturated carbocycles. The Morgan fingerprint density at radius 3 is 2.62 bits per heavy atom. The van der Waals surface area contributed by atoms with Gasteiger partial charge in [-0.05, 0) is 93.3 Å². The van der Waals surface area contributed by atoms with Gasteiger partial charge in [-0.3, -0.25) is 9.48 Å². The molecule has 0 bridgehead atoms. The van der Waals surface area contributed by atoms with E-state index >= 15 is 0 Å². The predicted molar refractivity (Wildman–Crippen MR) is 118 cm³/mol. The Morgan fingerprint density at radius 2 is 1.94 bits per heavy atom. The van der Waals surface area contributed by atoms with E-state index < -0.39 is 34.8 Å². The molecule has 8 heteroatoms. The van der Waals surface area contributed by atoms with Crippen LogP contribution in [0.25, 0.3) is 0 Å². The van der Waals surface area contributed by atoms with Crippen molar-refractivity contribution in [2.45, 2.75) is 83.5 Å². The fourth-order valence-corrected chi connectivity index (χ4v) is 8.81. The maximum absolute atomic E-state index is 14.3. The van der Waals surface area contributed by atoms with E-state index in [0.29, 0.717) is 29.7 Å². The molecule has 9 atom stereocenters. The lowest BCUT2D eigenvalue weighted by molar-refractivity contribution is -0.191. The van der Waals surface area contributed by atoms with Crippen LogP contribution in [0.15, 0.2) is 12.4 Å². The van der Waals surface area contributed by atoms with Gasteiger partial charge in [0.1, 0.15) is 6.07 Å². The van der Waals surface area contributed by atoms with Crippen molar-refractivity contribution in [3.63, 3.8) is 0 Å². The van der Waals surface area contributed by atoms with Crippen molar-refractivity contribution in [3.8, 4) is 6.07 Å². The number of alkyl halides is 3. The van der Waals surface area contributed by atoms with Crippen LogP contribution in [-0.2, 0) is 11.3 Å². The summed E-state index contributed by atoms with van der Waals surface area (Å²) in [6, 6.07) is 1.94. The minimum Gasteiger partial charge on any atom is -0.390 e. The normalized spacial score (nSPS) is 44.0. The second-order valence-electron chi connectivity index (χ2n) is 12.1. The van der Waals surface area contributed by atoms with Crippen LogP contribution in [-0.4, -0.2) is 32.4 Å². The first kappa shape index (κ1) is 23.8. The number of nitrogens with zero attached hydrogens (tertiary/aromatic N) is 3. The molecule has 4 unspecified atom stereocenters. The molecule has 186 valence electrons. The number of Topliss-reactive ketones (excluding diaryl/α,β-unsaturated/α-hetero) is 1. The Kier molecular flexibility index (Phi) is 5.66. The first-order valence-corrected chi connectivity index (χ1v) is 12.7. The quantitative estimate of drug-likeness (QED) is 0.655. The van der Waals surface area contributed by atoms with E-state index in [1.165, 1.54) is 17.1 Å². The molecule has 5 nitrogen and oxygen atoms in total. The topological polar surface area (TPSA) is 78.9 Å². The largest absolute Gasteiger partial charge is 0.392 e. The lowest BCUT2D eigenvalue weighted by Crippen LogP contribution is -2.51. The summed E-state index contributed by atoms with van der Waals surface area (Å²) in [6.45, 7) is 3.62. The summed E-state index contributed by atoms with van der Waals surface area (Å²) in [7, 11) is 0. The zero-order valence-electron chi connectivity index (χ0n) is 19.9. The van der Waals surface area contributed by atoms with Crippen LogP contribution in [0.2, 0.25) is 0 Å². The van der Waals surface area contributed by atoms with Crippen LogP contribution >= 0.6 is 0 Å². The molecule has 1 aromatic rings. The number of aliphatic hydroxyl groups is 1. The highest BCUT2D eigenvalue weighted by atomic mass is 19.4. The zero-order valence-corrected chi connectivity index (χ0v) is 19.9. The SMILES string of the molecule is C[C@@]1(O)CC[C@@H]2C3CC[C@@]4(C)C(C[C@@H](C(F)(F)F)C4C(=O)Cn4cc(C#N)cn4)C3CC[C@@H]2C1. The summed E-state index contributed by atoms with van der Waals surface area (Å²) in [5.41, 5.74) is -1.00. The molecule has 4 aliphatic carbocycles. The number of nitriles is 1. The molecular weight excluding hydrogens is 443 g/mol. The Bertz CT molecular complexity index is 996. The first-order valence-electron chi connectivity index (χ1n) is 12.7. The fraction of sp³-hybridized carbons (Fsp3) is 0.808. The van der Waals surface area contributed by atoms with Crippen molar-refractivity contribution >= 4 is 5.78 Å². The van der Waals surface area contributed by atoms with Gasteiger partial charge in [0.15, 0.2) is 5.78 Å². The number of aromatic nitrogens is 2. The van der Waals surface area contributed by atoms with Gasteiger partial charge in [0.05, 0.1) is 29.8 Å². The average Bonchev–Trinajstić information content (AvgIpc) is 3.33. The van der Waals surface area contributed by atoms with Gasteiger partial charge >= 0.3 is 6.18 Å². The number of carbonyl (C=O) groups excluding carboxylic acids is 1. The summed E-state index contributed by atoms with van der Waals surface area (Å²) in [4.78, 5) is 13.4. The summed E-state index contributed by atoms with van der Waals surface area (Å²) in [5, 5.41) is 23.6. The standard InChI is InChI=1S/C26H34F3N3O2/c1-24(34)7-5-17-16(10-24)3-4-19-18(17)6-8-25(2)20(19)9-21(26(27,28)29)23(25)22(33)14-32-13-15(11-30)12-31-32/h12-13,16-21,23,34H,3-10,14H2,1-2H3/t16-,17+,18?,19?,20?,21-,23?,24-,25+/m1/s1. The Labute approximate surface area is 198 Å². The Balaban J connectivity index is 1.41. The third-order valence-corrected chi connectivity index (χ3v) is 10.1. The number of fused-ring (bicyclic) bond motifs is 5. The minimum absolute atomic E-state index is 0.0369. The molecule has 0 aromatic carbocycles. The number of halogens is 3. The summed E-state index contributed by atoms with van der Waals surface area (Å²) in [6.07, 6.45) is 4.27. The predicted octanol–water partition coefficient (Wildman–Crippen LogP) is 5.13. The highest BCUT2D eigenvalue weighted by molar-refractivity contribution is 5.82. The van der Waals surface area contributed by atoms with Crippen molar-refractivity contribution in [2.75, 3.05) is 0 Å². The Morgan fingerprint density at radius 1 is 1.21 bits per heavy atom. The van der Waals surface area contributed by atoms with Gasteiger partial charge in [-0.1, -0.05) is 6.92 Å². The highest BCUT2D eigenvalue weighted by Gasteiger charge is 2.66. The van der Waals surface area contributed by atoms with E-state index in [9.17, 15) is 23.1 Å². The molecular formula is C26H34F3N3O2. The molecule has 0 saturated heterocycles. The second-order valence-corrected chi connectivity index (χ2v) is 12.1. The molecule has 4 fully saturated rings. The van der Waals surface area contributed by atoms with Crippen LogP contribution in [0.3, 0.4) is 0 Å². The lowest BCUT2D eigenvalue weighted by Gasteiger charge is -2.56. The second kappa shape index (κ2) is 8.08. The van der Waals surface area contributed by atoms with Gasteiger partial charge in [-0.2, -0.15) is 23.5 Å². The first-order chi connectivity index (χ1) is 15.9. The van der Waals surface area contributed by atoms with E-state index in [2.05, 4.69) is 5.10 Å². The average molecular weight is 478 g/mol. The molecule has 0 radical (unpaired) electrons. The van der Waals surface area contributed by atoms with Crippen molar-refractivity contribution in [1.29, 1.82) is 5.26 Å². The molecule has 1 N–H and O–H groups in total. The lowest BCUT2D eigenvalue weighted by atomic mass is 9.49. The molecule has 34 heavy (non-hydrogen) atoms. The van der Waals surface area contributed by atoms with E-state index in [-0.39, 0.29) is 24.8 Å². The number of hydrogen-bond donors (Lipinski definition) is 1. The van der Waals surface area contributed by atoms with E-state index in [4.69, 9.17) is 5.26 Å². The molecule has 0 spiro atoms. The van der Waals surface area contributed by atoms with Crippen LogP contribution in [0.4, 0.5) is 13.2 Å². The number of ketones is 1. The van der Waals surface area contributed by atoms with Gasteiger partial charge in [-0.25, -0.2) is 0 Å². The molecule has 0 aliphatic heterocycles. The fourth-order valence-electron chi connectivity index (χ4n) is 8.81. The summed E-state index contributed by atoms with van der Waals surface area (Å²) >= 11 is 0. The third kappa shape index (κ3) is 3.88. The van der Waals surface area contributed by atoms with Crippen molar-refractivity contribution < 1.29 is 23.1 Å². The maximum atomic E-state index is 14.3. The minimum atomic E-state index is -4.42. The van der Waals surface area contributed by atoms with Crippen molar-refractivity contribution in [3.05, 3.63) is 18.0 Å². The maximum Gasteiger partial charge on any atom is 0.392 e. The summed E-state index contributed by atoms with van der Waals surface area (Å²) < 4.78 is 44.2. The third-order valence-electron chi connectivity index (χ3n) is 10.1. The van der Waals surface area contributed by atoms with E-state index in [1.54, 1.807) is 0 Å². The molecule has 4 aliphatic rings. The monoisotopic (exact) mass is 477 g/mol. The number of carbonyl (C=O) groups is 1. The van der Waals surface area contributed by atoms with Gasteiger partial charge < -0.3 is 5.11 Å². The van der Waals surface area contributed by atoms with Crippen LogP contribution in [0.1, 0.15) is 70.8 Å².